The number of carbonyl (C=O) groups is 1. The van der Waals surface area contributed by atoms with E-state index in [0.717, 1.165) is 5.56 Å². The second-order valence-electron chi connectivity index (χ2n) is 6.57. The molecule has 0 radical (unpaired) electrons. The van der Waals surface area contributed by atoms with Crippen LogP contribution in [0, 0.1) is 22.7 Å². The predicted molar refractivity (Wildman–Crippen MR) is 122 cm³/mol. The first-order chi connectivity index (χ1) is 15.5. The number of benzene rings is 3. The van der Waals surface area contributed by atoms with Gasteiger partial charge in [-0.1, -0.05) is 48.0 Å². The Morgan fingerprint density at radius 1 is 1.06 bits per heavy atom. The van der Waals surface area contributed by atoms with Crippen molar-refractivity contribution in [2.45, 2.75) is 6.61 Å². The summed E-state index contributed by atoms with van der Waals surface area (Å²) in [5, 5.41) is 21.7. The quantitative estimate of drug-likeness (QED) is 0.392. The van der Waals surface area contributed by atoms with Gasteiger partial charge in [0.1, 0.15) is 18.2 Å². The van der Waals surface area contributed by atoms with E-state index in [1.807, 2.05) is 18.2 Å². The number of ether oxygens (including phenoxy) is 2. The highest BCUT2D eigenvalue weighted by molar-refractivity contribution is 6.34. The lowest BCUT2D eigenvalue weighted by atomic mass is 10.1. The smallest absolute Gasteiger partial charge is 0.266 e. The molecule has 0 atom stereocenters. The fraction of sp³-hybridized carbons (Fsp3) is 0.0800. The molecule has 158 valence electrons. The Labute approximate surface area is 190 Å². The highest BCUT2D eigenvalue weighted by Crippen LogP contribution is 2.30. The number of nitrogens with zero attached hydrogens (tertiary/aromatic N) is 2. The van der Waals surface area contributed by atoms with Crippen LogP contribution in [0.25, 0.3) is 6.08 Å². The number of halogens is 1. The highest BCUT2D eigenvalue weighted by atomic mass is 35.5. The van der Waals surface area contributed by atoms with E-state index >= 15 is 0 Å². The number of para-hydroxylation sites is 1. The summed E-state index contributed by atoms with van der Waals surface area (Å²) in [5.41, 5.74) is 2.19. The van der Waals surface area contributed by atoms with Gasteiger partial charge in [-0.05, 0) is 42.0 Å². The number of anilines is 1. The lowest BCUT2D eigenvalue weighted by molar-refractivity contribution is -0.112. The summed E-state index contributed by atoms with van der Waals surface area (Å²) < 4.78 is 11.2. The molecule has 3 aromatic carbocycles. The molecule has 0 bridgehead atoms. The third kappa shape index (κ3) is 5.46. The Morgan fingerprint density at radius 2 is 1.81 bits per heavy atom. The minimum Gasteiger partial charge on any atom is -0.493 e. The number of carbonyl (C=O) groups excluding carboxylic acids is 1. The summed E-state index contributed by atoms with van der Waals surface area (Å²) in [6.07, 6.45) is 1.45. The molecule has 0 aliphatic rings. The maximum Gasteiger partial charge on any atom is 0.266 e. The highest BCUT2D eigenvalue weighted by Gasteiger charge is 2.13. The van der Waals surface area contributed by atoms with Crippen molar-refractivity contribution in [3.05, 3.63) is 94.0 Å². The second-order valence-corrected chi connectivity index (χ2v) is 6.98. The van der Waals surface area contributed by atoms with Gasteiger partial charge in [-0.15, -0.1) is 0 Å². The molecule has 0 heterocycles. The van der Waals surface area contributed by atoms with E-state index in [-0.39, 0.29) is 12.2 Å². The fourth-order valence-corrected chi connectivity index (χ4v) is 3.05. The molecule has 3 rings (SSSR count). The van der Waals surface area contributed by atoms with E-state index in [0.29, 0.717) is 33.3 Å². The first kappa shape index (κ1) is 22.4. The van der Waals surface area contributed by atoms with E-state index in [9.17, 15) is 15.3 Å². The molecule has 7 heteroatoms. The summed E-state index contributed by atoms with van der Waals surface area (Å²) in [6, 6.07) is 23.0. The van der Waals surface area contributed by atoms with Gasteiger partial charge in [-0.2, -0.15) is 10.5 Å². The molecule has 6 nitrogen and oxygen atoms in total. The van der Waals surface area contributed by atoms with Crippen LogP contribution in [0.4, 0.5) is 5.69 Å². The maximum atomic E-state index is 12.5. The van der Waals surface area contributed by atoms with Crippen molar-refractivity contribution < 1.29 is 14.3 Å². The number of hydrogen-bond donors (Lipinski definition) is 1. The number of nitrogens with one attached hydrogen (secondary N) is 1. The Morgan fingerprint density at radius 3 is 2.53 bits per heavy atom. The zero-order valence-electron chi connectivity index (χ0n) is 17.1. The van der Waals surface area contributed by atoms with Crippen LogP contribution < -0.4 is 14.8 Å². The Hall–Kier alpha value is -4.26. The molecule has 0 spiro atoms. The first-order valence-electron chi connectivity index (χ1n) is 9.52. The van der Waals surface area contributed by atoms with E-state index in [1.54, 1.807) is 54.6 Å². The number of nitriles is 2. The van der Waals surface area contributed by atoms with Gasteiger partial charge >= 0.3 is 0 Å². The Balaban J connectivity index is 1.78. The third-order valence-electron chi connectivity index (χ3n) is 4.51. The number of amides is 1. The van der Waals surface area contributed by atoms with Crippen molar-refractivity contribution in [1.82, 2.24) is 0 Å². The van der Waals surface area contributed by atoms with Crippen molar-refractivity contribution in [3.63, 3.8) is 0 Å². The zero-order chi connectivity index (χ0) is 22.9. The number of methoxy groups -OCH3 is 1. The summed E-state index contributed by atoms with van der Waals surface area (Å²) in [4.78, 5) is 12.5. The lowest BCUT2D eigenvalue weighted by Gasteiger charge is -2.12. The molecule has 3 aromatic rings. The lowest BCUT2D eigenvalue weighted by Crippen LogP contribution is -2.13. The van der Waals surface area contributed by atoms with Gasteiger partial charge in [-0.25, -0.2) is 0 Å². The molecule has 0 saturated heterocycles. The standard InChI is InChI=1S/C25H18ClN3O3/c1-31-24-13-17(10-11-23(24)32-16-19-7-3-2-6-18(19)14-27)12-20(15-28)25(30)29-22-9-5-4-8-21(22)26/h2-13H,16H2,1H3,(H,29,30)/b20-12+. The maximum absolute atomic E-state index is 12.5. The van der Waals surface area contributed by atoms with Gasteiger partial charge in [0.05, 0.1) is 29.5 Å². The van der Waals surface area contributed by atoms with Crippen LogP contribution in [0.1, 0.15) is 16.7 Å². The SMILES string of the molecule is COc1cc(/C=C(\C#N)C(=O)Nc2ccccc2Cl)ccc1OCc1ccccc1C#N. The van der Waals surface area contributed by atoms with Crippen molar-refractivity contribution in [2.24, 2.45) is 0 Å². The fourth-order valence-electron chi connectivity index (χ4n) is 2.87. The molecule has 0 saturated carbocycles. The van der Waals surface area contributed by atoms with Crippen LogP contribution in [0.5, 0.6) is 11.5 Å². The topological polar surface area (TPSA) is 95.1 Å². The van der Waals surface area contributed by atoms with Gasteiger partial charge in [0.25, 0.3) is 5.91 Å². The molecule has 0 fully saturated rings. The summed E-state index contributed by atoms with van der Waals surface area (Å²) >= 11 is 6.06. The van der Waals surface area contributed by atoms with E-state index in [1.165, 1.54) is 13.2 Å². The van der Waals surface area contributed by atoms with Crippen molar-refractivity contribution in [2.75, 3.05) is 12.4 Å². The Kier molecular flexibility index (Phi) is 7.48. The molecule has 1 N–H and O–H groups in total. The normalized spacial score (nSPS) is 10.6. The van der Waals surface area contributed by atoms with Crippen LogP contribution in [-0.4, -0.2) is 13.0 Å². The largest absolute Gasteiger partial charge is 0.493 e. The predicted octanol–water partition coefficient (Wildman–Crippen LogP) is 5.34. The van der Waals surface area contributed by atoms with Crippen LogP contribution in [-0.2, 0) is 11.4 Å². The summed E-state index contributed by atoms with van der Waals surface area (Å²) in [7, 11) is 1.49. The molecule has 0 aromatic heterocycles. The summed E-state index contributed by atoms with van der Waals surface area (Å²) in [5.74, 6) is 0.321. The van der Waals surface area contributed by atoms with Crippen LogP contribution >= 0.6 is 11.6 Å². The first-order valence-corrected chi connectivity index (χ1v) is 9.90. The minimum absolute atomic E-state index is 0.0939. The van der Waals surface area contributed by atoms with Crippen LogP contribution in [0.2, 0.25) is 5.02 Å². The van der Waals surface area contributed by atoms with Gasteiger partial charge in [0, 0.05) is 5.56 Å². The van der Waals surface area contributed by atoms with Gasteiger partial charge in [-0.3, -0.25) is 4.79 Å². The summed E-state index contributed by atoms with van der Waals surface area (Å²) in [6.45, 7) is 0.193. The minimum atomic E-state index is -0.576. The number of hydrogen-bond acceptors (Lipinski definition) is 5. The van der Waals surface area contributed by atoms with Crippen LogP contribution in [0.3, 0.4) is 0 Å². The zero-order valence-corrected chi connectivity index (χ0v) is 17.9. The van der Waals surface area contributed by atoms with Crippen LogP contribution in [0.15, 0.2) is 72.3 Å². The average molecular weight is 444 g/mol. The van der Waals surface area contributed by atoms with Crippen molar-refractivity contribution in [3.8, 4) is 23.6 Å². The molecule has 1 amide bonds. The molecule has 0 unspecified atom stereocenters. The van der Waals surface area contributed by atoms with Crippen molar-refractivity contribution in [1.29, 1.82) is 10.5 Å². The average Bonchev–Trinajstić information content (AvgIpc) is 2.82. The molecule has 0 aliphatic carbocycles. The van der Waals surface area contributed by atoms with E-state index < -0.39 is 5.91 Å². The van der Waals surface area contributed by atoms with E-state index in [2.05, 4.69) is 11.4 Å². The molecule has 0 aliphatic heterocycles. The number of rotatable bonds is 7. The van der Waals surface area contributed by atoms with Gasteiger partial charge in [0.2, 0.25) is 0 Å². The second kappa shape index (κ2) is 10.7. The molecule has 32 heavy (non-hydrogen) atoms. The molecular formula is C25H18ClN3O3. The monoisotopic (exact) mass is 443 g/mol. The third-order valence-corrected chi connectivity index (χ3v) is 4.84. The van der Waals surface area contributed by atoms with Gasteiger partial charge < -0.3 is 14.8 Å². The van der Waals surface area contributed by atoms with E-state index in [4.69, 9.17) is 21.1 Å². The molecular weight excluding hydrogens is 426 g/mol. The van der Waals surface area contributed by atoms with Crippen molar-refractivity contribution >= 4 is 29.3 Å². The van der Waals surface area contributed by atoms with Gasteiger partial charge in [0.15, 0.2) is 11.5 Å². The Bertz CT molecular complexity index is 1260.